The number of hydrogen-bond donors (Lipinski definition) is 1. The number of aromatic nitrogens is 1. The van der Waals surface area contributed by atoms with Gasteiger partial charge in [-0.1, -0.05) is 13.8 Å². The van der Waals surface area contributed by atoms with Gasteiger partial charge in [0.2, 0.25) is 0 Å². The lowest BCUT2D eigenvalue weighted by molar-refractivity contribution is 0.0458. The van der Waals surface area contributed by atoms with Gasteiger partial charge >= 0.3 is 0 Å². The number of piperidine rings is 1. The maximum Gasteiger partial charge on any atom is 0.129 e. The van der Waals surface area contributed by atoms with Gasteiger partial charge in [-0.3, -0.25) is 0 Å². The molecule has 1 saturated heterocycles. The first kappa shape index (κ1) is 16.2. The zero-order valence-corrected chi connectivity index (χ0v) is 13.9. The summed E-state index contributed by atoms with van der Waals surface area (Å²) in [5.74, 6) is 1.12. The quantitative estimate of drug-likeness (QED) is 0.874. The van der Waals surface area contributed by atoms with Crippen LogP contribution in [0.5, 0.6) is 0 Å². The first-order valence-corrected chi connectivity index (χ1v) is 8.16. The first-order chi connectivity index (χ1) is 10.1. The molecule has 0 radical (unpaired) electrons. The summed E-state index contributed by atoms with van der Waals surface area (Å²) < 4.78 is 5.72. The fourth-order valence-corrected chi connectivity index (χ4v) is 2.79. The van der Waals surface area contributed by atoms with Gasteiger partial charge in [-0.05, 0) is 44.4 Å². The SMILES string of the molecule is CCOC1CCN(c2cc(CNC(C)C)cc(C)n2)CC1. The molecule has 0 atom stereocenters. The smallest absolute Gasteiger partial charge is 0.129 e. The van der Waals surface area contributed by atoms with E-state index in [1.165, 1.54) is 5.56 Å². The minimum absolute atomic E-state index is 0.429. The Hall–Kier alpha value is -1.13. The van der Waals surface area contributed by atoms with Crippen LogP contribution in [0.4, 0.5) is 5.82 Å². The third kappa shape index (κ3) is 4.97. The molecule has 1 aliphatic heterocycles. The van der Waals surface area contributed by atoms with Gasteiger partial charge in [0.25, 0.3) is 0 Å². The molecule has 1 fully saturated rings. The van der Waals surface area contributed by atoms with Gasteiger partial charge in [-0.2, -0.15) is 0 Å². The van der Waals surface area contributed by atoms with Gasteiger partial charge < -0.3 is 15.0 Å². The number of pyridine rings is 1. The lowest BCUT2D eigenvalue weighted by atomic mass is 10.1. The van der Waals surface area contributed by atoms with Gasteiger partial charge in [0, 0.05) is 38.0 Å². The second kappa shape index (κ2) is 7.76. The van der Waals surface area contributed by atoms with Crippen LogP contribution >= 0.6 is 0 Å². The minimum Gasteiger partial charge on any atom is -0.378 e. The van der Waals surface area contributed by atoms with Gasteiger partial charge in [0.1, 0.15) is 5.82 Å². The third-order valence-electron chi connectivity index (χ3n) is 3.88. The number of rotatable bonds is 6. The number of nitrogens with zero attached hydrogens (tertiary/aromatic N) is 2. The van der Waals surface area contributed by atoms with Crippen LogP contribution < -0.4 is 10.2 Å². The van der Waals surface area contributed by atoms with E-state index in [4.69, 9.17) is 9.72 Å². The molecular formula is C17H29N3O. The highest BCUT2D eigenvalue weighted by Gasteiger charge is 2.20. The average molecular weight is 291 g/mol. The fourth-order valence-electron chi connectivity index (χ4n) is 2.79. The van der Waals surface area contributed by atoms with E-state index in [9.17, 15) is 0 Å². The summed E-state index contributed by atoms with van der Waals surface area (Å²) in [5.41, 5.74) is 2.41. The zero-order valence-electron chi connectivity index (χ0n) is 13.9. The van der Waals surface area contributed by atoms with E-state index in [0.717, 1.165) is 50.6 Å². The minimum atomic E-state index is 0.429. The van der Waals surface area contributed by atoms with E-state index in [0.29, 0.717) is 12.1 Å². The fraction of sp³-hybridized carbons (Fsp3) is 0.706. The molecule has 1 aromatic heterocycles. The standard InChI is InChI=1S/C17H29N3O/c1-5-21-16-6-8-20(9-7-16)17-11-15(10-14(4)19-17)12-18-13(2)3/h10-11,13,16,18H,5-9,12H2,1-4H3. The summed E-state index contributed by atoms with van der Waals surface area (Å²) in [7, 11) is 0. The molecule has 4 nitrogen and oxygen atoms in total. The highest BCUT2D eigenvalue weighted by molar-refractivity contribution is 5.43. The molecule has 4 heteroatoms. The van der Waals surface area contributed by atoms with Crippen LogP contribution in [0.1, 0.15) is 44.9 Å². The first-order valence-electron chi connectivity index (χ1n) is 8.16. The molecular weight excluding hydrogens is 262 g/mol. The van der Waals surface area contributed by atoms with Crippen LogP contribution in [0.25, 0.3) is 0 Å². The van der Waals surface area contributed by atoms with Crippen LogP contribution in [-0.2, 0) is 11.3 Å². The second-order valence-corrected chi connectivity index (χ2v) is 6.15. The normalized spacial score (nSPS) is 16.7. The van der Waals surface area contributed by atoms with Gasteiger partial charge in [-0.25, -0.2) is 4.98 Å². The summed E-state index contributed by atoms with van der Waals surface area (Å²) in [5, 5.41) is 3.48. The molecule has 0 saturated carbocycles. The zero-order chi connectivity index (χ0) is 15.2. The molecule has 0 spiro atoms. The summed E-state index contributed by atoms with van der Waals surface area (Å²) in [4.78, 5) is 7.10. The molecule has 0 aromatic carbocycles. The van der Waals surface area contributed by atoms with Crippen LogP contribution in [0.15, 0.2) is 12.1 Å². The van der Waals surface area contributed by atoms with Gasteiger partial charge in [-0.15, -0.1) is 0 Å². The van der Waals surface area contributed by atoms with Crippen molar-refractivity contribution in [3.63, 3.8) is 0 Å². The highest BCUT2D eigenvalue weighted by atomic mass is 16.5. The number of ether oxygens (including phenoxy) is 1. The van der Waals surface area contributed by atoms with Crippen LogP contribution in [0.3, 0.4) is 0 Å². The van der Waals surface area contributed by atoms with Crippen LogP contribution in [0, 0.1) is 6.92 Å². The second-order valence-electron chi connectivity index (χ2n) is 6.15. The molecule has 1 aromatic rings. The Kier molecular flexibility index (Phi) is 6.00. The lowest BCUT2D eigenvalue weighted by Crippen LogP contribution is -2.37. The van der Waals surface area contributed by atoms with E-state index in [1.807, 2.05) is 0 Å². The largest absolute Gasteiger partial charge is 0.378 e. The maximum absolute atomic E-state index is 5.72. The van der Waals surface area contributed by atoms with Crippen molar-refractivity contribution in [3.8, 4) is 0 Å². The number of hydrogen-bond acceptors (Lipinski definition) is 4. The number of aryl methyl sites for hydroxylation is 1. The van der Waals surface area contributed by atoms with E-state index in [-0.39, 0.29) is 0 Å². The van der Waals surface area contributed by atoms with Crippen molar-refractivity contribution < 1.29 is 4.74 Å². The molecule has 0 bridgehead atoms. The maximum atomic E-state index is 5.72. The van der Waals surface area contributed by atoms with Crippen molar-refractivity contribution >= 4 is 5.82 Å². The monoisotopic (exact) mass is 291 g/mol. The predicted molar refractivity (Wildman–Crippen MR) is 87.8 cm³/mol. The Bertz CT molecular complexity index is 440. The average Bonchev–Trinajstić information content (AvgIpc) is 2.46. The van der Waals surface area contributed by atoms with E-state index >= 15 is 0 Å². The molecule has 1 aliphatic rings. The molecule has 0 aliphatic carbocycles. The Labute approximate surface area is 128 Å². The topological polar surface area (TPSA) is 37.4 Å². The van der Waals surface area contributed by atoms with Crippen molar-refractivity contribution in [1.29, 1.82) is 0 Å². The van der Waals surface area contributed by atoms with E-state index in [1.54, 1.807) is 0 Å². The van der Waals surface area contributed by atoms with Crippen LogP contribution in [-0.4, -0.2) is 36.8 Å². The molecule has 1 N–H and O–H groups in total. The summed E-state index contributed by atoms with van der Waals surface area (Å²) in [6, 6.07) is 4.90. The number of anilines is 1. The van der Waals surface area contributed by atoms with Crippen molar-refractivity contribution in [2.24, 2.45) is 0 Å². The summed E-state index contributed by atoms with van der Waals surface area (Å²) >= 11 is 0. The Balaban J connectivity index is 1.99. The Morgan fingerprint density at radius 1 is 1.33 bits per heavy atom. The molecule has 118 valence electrons. The molecule has 2 heterocycles. The van der Waals surface area contributed by atoms with E-state index < -0.39 is 0 Å². The predicted octanol–water partition coefficient (Wildman–Crippen LogP) is 2.89. The van der Waals surface area contributed by atoms with E-state index in [2.05, 4.69) is 50.0 Å². The lowest BCUT2D eigenvalue weighted by Gasteiger charge is -2.33. The van der Waals surface area contributed by atoms with Crippen molar-refractivity contribution in [1.82, 2.24) is 10.3 Å². The van der Waals surface area contributed by atoms with Gasteiger partial charge in [0.15, 0.2) is 0 Å². The van der Waals surface area contributed by atoms with Crippen LogP contribution in [0.2, 0.25) is 0 Å². The Morgan fingerprint density at radius 2 is 2.05 bits per heavy atom. The molecule has 21 heavy (non-hydrogen) atoms. The molecule has 2 rings (SSSR count). The van der Waals surface area contributed by atoms with Crippen molar-refractivity contribution in [2.75, 3.05) is 24.6 Å². The molecule has 0 amide bonds. The van der Waals surface area contributed by atoms with Crippen molar-refractivity contribution in [3.05, 3.63) is 23.4 Å². The number of nitrogens with one attached hydrogen (secondary N) is 1. The molecule has 0 unspecified atom stereocenters. The van der Waals surface area contributed by atoms with Crippen molar-refractivity contribution in [2.45, 2.75) is 59.2 Å². The Morgan fingerprint density at radius 3 is 2.67 bits per heavy atom. The highest BCUT2D eigenvalue weighted by Crippen LogP contribution is 2.21. The van der Waals surface area contributed by atoms with Gasteiger partial charge in [0.05, 0.1) is 6.10 Å². The summed E-state index contributed by atoms with van der Waals surface area (Å²) in [6.07, 6.45) is 2.63. The third-order valence-corrected chi connectivity index (χ3v) is 3.88. The summed E-state index contributed by atoms with van der Waals surface area (Å²) in [6.45, 7) is 12.3.